The van der Waals surface area contributed by atoms with E-state index >= 15 is 0 Å². The van der Waals surface area contributed by atoms with Crippen molar-refractivity contribution in [2.75, 3.05) is 26.9 Å². The van der Waals surface area contributed by atoms with Crippen molar-refractivity contribution in [2.45, 2.75) is 37.5 Å². The summed E-state index contributed by atoms with van der Waals surface area (Å²) in [6.07, 6.45) is 5.65. The van der Waals surface area contributed by atoms with Gasteiger partial charge in [0.2, 0.25) is 0 Å². The number of hydrogen-bond donors (Lipinski definition) is 1. The quantitative estimate of drug-likeness (QED) is 0.930. The van der Waals surface area contributed by atoms with Crippen LogP contribution in [0, 0.1) is 0 Å². The van der Waals surface area contributed by atoms with Crippen molar-refractivity contribution in [1.82, 2.24) is 0 Å². The van der Waals surface area contributed by atoms with Gasteiger partial charge in [-0.25, -0.2) is 0 Å². The molecule has 1 aliphatic heterocycles. The molecule has 4 nitrogen and oxygen atoms in total. The van der Waals surface area contributed by atoms with E-state index in [4.69, 9.17) is 31.5 Å². The van der Waals surface area contributed by atoms with Crippen molar-refractivity contribution in [3.8, 4) is 17.2 Å². The van der Waals surface area contributed by atoms with Gasteiger partial charge in [0.1, 0.15) is 19.0 Å². The summed E-state index contributed by atoms with van der Waals surface area (Å²) in [6, 6.07) is 1.81. The van der Waals surface area contributed by atoms with E-state index in [0.717, 1.165) is 29.9 Å². The third kappa shape index (κ3) is 2.44. The Hall–Kier alpha value is -1.13. The molecule has 1 aromatic carbocycles. The van der Waals surface area contributed by atoms with Gasteiger partial charge >= 0.3 is 0 Å². The average Bonchev–Trinajstić information content (AvgIpc) is 2.55. The Labute approximate surface area is 130 Å². The molecule has 0 saturated heterocycles. The fraction of sp³-hybridized carbons (Fsp3) is 0.625. The summed E-state index contributed by atoms with van der Waals surface area (Å²) in [4.78, 5) is 0. The molecule has 2 N–H and O–H groups in total. The molecule has 1 heterocycles. The van der Waals surface area contributed by atoms with Crippen LogP contribution in [0.25, 0.3) is 0 Å². The molecule has 1 aromatic rings. The zero-order valence-electron chi connectivity index (χ0n) is 12.4. The van der Waals surface area contributed by atoms with Crippen LogP contribution in [-0.4, -0.2) is 26.9 Å². The molecule has 0 radical (unpaired) electrons. The zero-order chi connectivity index (χ0) is 14.9. The van der Waals surface area contributed by atoms with Gasteiger partial charge in [-0.15, -0.1) is 0 Å². The largest absolute Gasteiger partial charge is 0.495 e. The highest BCUT2D eigenvalue weighted by atomic mass is 35.5. The fourth-order valence-electron chi connectivity index (χ4n) is 3.55. The van der Waals surface area contributed by atoms with Gasteiger partial charge in [0.05, 0.1) is 12.1 Å². The first kappa shape index (κ1) is 14.8. The average molecular weight is 312 g/mol. The van der Waals surface area contributed by atoms with Crippen molar-refractivity contribution in [1.29, 1.82) is 0 Å². The van der Waals surface area contributed by atoms with Gasteiger partial charge < -0.3 is 19.9 Å². The smallest absolute Gasteiger partial charge is 0.166 e. The molecular weight excluding hydrogens is 290 g/mol. The first-order valence-electron chi connectivity index (χ1n) is 7.58. The maximum atomic E-state index is 6.63. The summed E-state index contributed by atoms with van der Waals surface area (Å²) in [5.74, 6) is 2.12. The summed E-state index contributed by atoms with van der Waals surface area (Å²) < 4.78 is 17.1. The number of methoxy groups -OCH3 is 1. The van der Waals surface area contributed by atoms with Crippen LogP contribution in [0.1, 0.15) is 37.7 Å². The van der Waals surface area contributed by atoms with E-state index in [-0.39, 0.29) is 5.41 Å². The molecule has 116 valence electrons. The highest BCUT2D eigenvalue weighted by Crippen LogP contribution is 2.52. The Morgan fingerprint density at radius 3 is 2.62 bits per heavy atom. The fourth-order valence-corrected chi connectivity index (χ4v) is 3.96. The van der Waals surface area contributed by atoms with Gasteiger partial charge in [-0.1, -0.05) is 30.9 Å². The maximum absolute atomic E-state index is 6.63. The summed E-state index contributed by atoms with van der Waals surface area (Å²) in [7, 11) is 1.62. The van der Waals surface area contributed by atoms with Gasteiger partial charge in [0.25, 0.3) is 0 Å². The molecule has 2 aliphatic rings. The summed E-state index contributed by atoms with van der Waals surface area (Å²) >= 11 is 6.63. The molecule has 0 atom stereocenters. The second-order valence-corrected chi connectivity index (χ2v) is 6.22. The van der Waals surface area contributed by atoms with Crippen molar-refractivity contribution in [3.63, 3.8) is 0 Å². The van der Waals surface area contributed by atoms with E-state index < -0.39 is 0 Å². The molecule has 3 rings (SSSR count). The minimum Gasteiger partial charge on any atom is -0.495 e. The van der Waals surface area contributed by atoms with E-state index in [1.54, 1.807) is 7.11 Å². The minimum absolute atomic E-state index is 0.130. The van der Waals surface area contributed by atoms with Crippen LogP contribution >= 0.6 is 11.6 Å². The Balaban J connectivity index is 2.19. The summed E-state index contributed by atoms with van der Waals surface area (Å²) in [6.45, 7) is 1.66. The van der Waals surface area contributed by atoms with Crippen molar-refractivity contribution < 1.29 is 14.2 Å². The van der Waals surface area contributed by atoms with Crippen LogP contribution in [-0.2, 0) is 5.41 Å². The highest BCUT2D eigenvalue weighted by molar-refractivity contribution is 6.33. The number of halogens is 1. The van der Waals surface area contributed by atoms with Crippen LogP contribution in [0.5, 0.6) is 17.2 Å². The minimum atomic E-state index is -0.130. The predicted octanol–water partition coefficient (Wildman–Crippen LogP) is 3.28. The molecule has 1 fully saturated rings. The molecule has 0 bridgehead atoms. The molecular formula is C16H22ClNO3. The van der Waals surface area contributed by atoms with E-state index in [2.05, 4.69) is 0 Å². The lowest BCUT2D eigenvalue weighted by molar-refractivity contribution is 0.163. The highest BCUT2D eigenvalue weighted by Gasteiger charge is 2.40. The number of ether oxygens (including phenoxy) is 3. The summed E-state index contributed by atoms with van der Waals surface area (Å²) in [5, 5.41) is 0.620. The monoisotopic (exact) mass is 311 g/mol. The predicted molar refractivity (Wildman–Crippen MR) is 82.8 cm³/mol. The second-order valence-electron chi connectivity index (χ2n) is 5.84. The van der Waals surface area contributed by atoms with Crippen molar-refractivity contribution >= 4 is 11.6 Å². The Morgan fingerprint density at radius 1 is 1.24 bits per heavy atom. The van der Waals surface area contributed by atoms with E-state index in [0.29, 0.717) is 30.5 Å². The summed E-state index contributed by atoms with van der Waals surface area (Å²) in [5.41, 5.74) is 7.02. The number of benzene rings is 1. The second kappa shape index (κ2) is 5.93. The van der Waals surface area contributed by atoms with Crippen LogP contribution in [0.15, 0.2) is 6.07 Å². The SMILES string of the molecule is COc1cc2c(c(C3(CN)CCCCC3)c1Cl)OCCO2. The van der Waals surface area contributed by atoms with Gasteiger partial charge in [-0.2, -0.15) is 0 Å². The topological polar surface area (TPSA) is 53.7 Å². The molecule has 0 aromatic heterocycles. The van der Waals surface area contributed by atoms with Crippen molar-refractivity contribution in [3.05, 3.63) is 16.7 Å². The molecule has 0 amide bonds. The molecule has 1 aliphatic carbocycles. The van der Waals surface area contributed by atoms with Gasteiger partial charge in [-0.3, -0.25) is 0 Å². The molecule has 5 heteroatoms. The van der Waals surface area contributed by atoms with Crippen LogP contribution in [0.2, 0.25) is 5.02 Å². The molecule has 0 spiro atoms. The normalized spacial score (nSPS) is 20.1. The molecule has 21 heavy (non-hydrogen) atoms. The number of nitrogens with two attached hydrogens (primary N) is 1. The van der Waals surface area contributed by atoms with Crippen LogP contribution < -0.4 is 19.9 Å². The Bertz CT molecular complexity index is 527. The maximum Gasteiger partial charge on any atom is 0.166 e. The first-order valence-corrected chi connectivity index (χ1v) is 7.96. The third-order valence-electron chi connectivity index (χ3n) is 4.69. The standard InChI is InChI=1S/C16H22ClNO3/c1-19-11-9-12-15(21-8-7-20-12)13(14(11)17)16(10-18)5-3-2-4-6-16/h9H,2-8,10,18H2,1H3. The lowest BCUT2D eigenvalue weighted by atomic mass is 9.69. The molecule has 1 saturated carbocycles. The van der Waals surface area contributed by atoms with Crippen LogP contribution in [0.4, 0.5) is 0 Å². The lowest BCUT2D eigenvalue weighted by Crippen LogP contribution is -2.38. The van der Waals surface area contributed by atoms with E-state index in [1.165, 1.54) is 19.3 Å². The van der Waals surface area contributed by atoms with Crippen LogP contribution in [0.3, 0.4) is 0 Å². The Morgan fingerprint density at radius 2 is 1.95 bits per heavy atom. The zero-order valence-corrected chi connectivity index (χ0v) is 13.2. The number of fused-ring (bicyclic) bond motifs is 1. The Kier molecular flexibility index (Phi) is 4.18. The first-order chi connectivity index (χ1) is 10.2. The van der Waals surface area contributed by atoms with E-state index in [1.807, 2.05) is 6.07 Å². The lowest BCUT2D eigenvalue weighted by Gasteiger charge is -2.39. The van der Waals surface area contributed by atoms with E-state index in [9.17, 15) is 0 Å². The van der Waals surface area contributed by atoms with Gasteiger partial charge in [0.15, 0.2) is 11.5 Å². The molecule has 0 unspecified atom stereocenters. The van der Waals surface area contributed by atoms with Gasteiger partial charge in [0, 0.05) is 23.6 Å². The third-order valence-corrected chi connectivity index (χ3v) is 5.06. The number of hydrogen-bond acceptors (Lipinski definition) is 4. The van der Waals surface area contributed by atoms with Crippen molar-refractivity contribution in [2.24, 2.45) is 5.73 Å². The van der Waals surface area contributed by atoms with Gasteiger partial charge in [-0.05, 0) is 12.8 Å². The number of rotatable bonds is 3.